The third kappa shape index (κ3) is 4.92. The number of likely N-dealkylation sites (N-methyl/N-ethyl adjacent to an activating group) is 1. The van der Waals surface area contributed by atoms with E-state index in [1.54, 1.807) is 24.9 Å². The Morgan fingerprint density at radius 2 is 1.69 bits per heavy atom. The second kappa shape index (κ2) is 9.33. The summed E-state index contributed by atoms with van der Waals surface area (Å²) >= 11 is 1.71. The van der Waals surface area contributed by atoms with Crippen LogP contribution in [0.3, 0.4) is 0 Å². The van der Waals surface area contributed by atoms with Gasteiger partial charge in [0.1, 0.15) is 5.76 Å². The number of carbonyl (C=O) groups excluding carboxylic acids is 1. The highest BCUT2D eigenvalue weighted by Crippen LogP contribution is 2.30. The molecule has 2 atom stereocenters. The van der Waals surface area contributed by atoms with Crippen LogP contribution < -0.4 is 0 Å². The van der Waals surface area contributed by atoms with Gasteiger partial charge in [-0.05, 0) is 49.6 Å². The number of thioether (sulfide) groups is 1. The summed E-state index contributed by atoms with van der Waals surface area (Å²) in [7, 11) is 1.69. The summed E-state index contributed by atoms with van der Waals surface area (Å²) in [6.45, 7) is 6.03. The number of aliphatic hydroxyl groups excluding tert-OH is 1. The Labute approximate surface area is 176 Å². The fraction of sp³-hybridized carbons (Fsp3) is 0.292. The number of furan rings is 1. The van der Waals surface area contributed by atoms with Crippen LogP contribution >= 0.6 is 11.8 Å². The number of carbonyl (C=O) groups is 1. The van der Waals surface area contributed by atoms with Crippen LogP contribution in [-0.4, -0.2) is 29.0 Å². The minimum Gasteiger partial charge on any atom is -0.455 e. The van der Waals surface area contributed by atoms with Crippen molar-refractivity contribution in [1.82, 2.24) is 4.90 Å². The molecule has 1 amide bonds. The molecule has 0 saturated carbocycles. The average molecular weight is 410 g/mol. The van der Waals surface area contributed by atoms with Crippen molar-refractivity contribution in [2.45, 2.75) is 43.6 Å². The van der Waals surface area contributed by atoms with Gasteiger partial charge in [0.25, 0.3) is 5.91 Å². The van der Waals surface area contributed by atoms with E-state index in [1.807, 2.05) is 43.3 Å². The molecule has 0 aliphatic carbocycles. The molecule has 1 N–H and O–H groups in total. The molecule has 0 aliphatic heterocycles. The smallest absolute Gasteiger partial charge is 0.289 e. The summed E-state index contributed by atoms with van der Waals surface area (Å²) in [5.74, 6) is 1.46. The van der Waals surface area contributed by atoms with E-state index < -0.39 is 6.10 Å². The molecular weight excluding hydrogens is 382 g/mol. The lowest BCUT2D eigenvalue weighted by Crippen LogP contribution is -2.38. The summed E-state index contributed by atoms with van der Waals surface area (Å²) in [5, 5.41) is 10.6. The van der Waals surface area contributed by atoms with Gasteiger partial charge in [0.2, 0.25) is 0 Å². The van der Waals surface area contributed by atoms with E-state index in [0.29, 0.717) is 5.75 Å². The number of rotatable bonds is 7. The first-order valence-electron chi connectivity index (χ1n) is 9.66. The van der Waals surface area contributed by atoms with Crippen molar-refractivity contribution in [2.24, 2.45) is 0 Å². The number of amides is 1. The third-order valence-corrected chi connectivity index (χ3v) is 6.53. The monoisotopic (exact) mass is 409 g/mol. The van der Waals surface area contributed by atoms with Crippen molar-refractivity contribution >= 4 is 17.7 Å². The van der Waals surface area contributed by atoms with Crippen LogP contribution in [0.4, 0.5) is 0 Å². The molecule has 4 nitrogen and oxygen atoms in total. The highest BCUT2D eigenvalue weighted by atomic mass is 32.2. The van der Waals surface area contributed by atoms with E-state index in [1.165, 1.54) is 20.9 Å². The maximum absolute atomic E-state index is 12.8. The Kier molecular flexibility index (Phi) is 6.83. The Balaban J connectivity index is 1.65. The second-order valence-electron chi connectivity index (χ2n) is 7.29. The molecule has 5 heteroatoms. The van der Waals surface area contributed by atoms with Crippen LogP contribution in [0.25, 0.3) is 0 Å². The lowest BCUT2D eigenvalue weighted by molar-refractivity contribution is 0.0460. The van der Waals surface area contributed by atoms with Crippen molar-refractivity contribution in [3.8, 4) is 0 Å². The largest absolute Gasteiger partial charge is 0.455 e. The van der Waals surface area contributed by atoms with Crippen LogP contribution in [0.5, 0.6) is 0 Å². The molecule has 29 heavy (non-hydrogen) atoms. The molecule has 2 aromatic carbocycles. The normalized spacial score (nSPS) is 13.1. The van der Waals surface area contributed by atoms with Gasteiger partial charge in [0, 0.05) is 11.9 Å². The highest BCUT2D eigenvalue weighted by Gasteiger charge is 2.26. The standard InChI is InChI=1S/C24H27NO3S/c1-16-9-8-10-17(2)23(16)29-15-20-13-14-21(28-20)24(27)25(4)18(3)22(26)19-11-6-5-7-12-19/h5-14,18,22,26H,15H2,1-4H3/t18-,22-/m1/s1. The lowest BCUT2D eigenvalue weighted by atomic mass is 10.0. The van der Waals surface area contributed by atoms with Crippen molar-refractivity contribution in [2.75, 3.05) is 7.05 Å². The van der Waals surface area contributed by atoms with Crippen LogP contribution in [0.2, 0.25) is 0 Å². The summed E-state index contributed by atoms with van der Waals surface area (Å²) in [6, 6.07) is 18.8. The summed E-state index contributed by atoms with van der Waals surface area (Å²) in [5.41, 5.74) is 3.26. The van der Waals surface area contributed by atoms with Gasteiger partial charge in [0.15, 0.2) is 5.76 Å². The van der Waals surface area contributed by atoms with Crippen LogP contribution in [0.15, 0.2) is 70.0 Å². The number of hydrogen-bond acceptors (Lipinski definition) is 4. The number of aryl methyl sites for hydroxylation is 2. The SMILES string of the molecule is Cc1cccc(C)c1SCc1ccc(C(=O)N(C)[C@H](C)[C@@H](O)c2ccccc2)o1. The Bertz CT molecular complexity index is 947. The first-order chi connectivity index (χ1) is 13.9. The molecule has 0 unspecified atom stereocenters. The van der Waals surface area contributed by atoms with Crippen molar-refractivity contribution in [3.63, 3.8) is 0 Å². The number of nitrogens with zero attached hydrogens (tertiary/aromatic N) is 1. The maximum atomic E-state index is 12.8. The minimum atomic E-state index is -0.765. The lowest BCUT2D eigenvalue weighted by Gasteiger charge is -2.28. The van der Waals surface area contributed by atoms with Crippen molar-refractivity contribution in [1.29, 1.82) is 0 Å². The predicted molar refractivity (Wildman–Crippen MR) is 117 cm³/mol. The first kappa shape index (κ1) is 21.2. The van der Waals surface area contributed by atoms with Gasteiger partial charge < -0.3 is 14.4 Å². The molecule has 0 spiro atoms. The second-order valence-corrected chi connectivity index (χ2v) is 8.27. The molecule has 0 saturated heterocycles. The van der Waals surface area contributed by atoms with Crippen molar-refractivity contribution < 1.29 is 14.3 Å². The van der Waals surface area contributed by atoms with Gasteiger partial charge in [-0.25, -0.2) is 0 Å². The van der Waals surface area contributed by atoms with Crippen LogP contribution in [0, 0.1) is 13.8 Å². The molecule has 3 aromatic rings. The number of hydrogen-bond donors (Lipinski definition) is 1. The maximum Gasteiger partial charge on any atom is 0.289 e. The highest BCUT2D eigenvalue weighted by molar-refractivity contribution is 7.98. The third-order valence-electron chi connectivity index (χ3n) is 5.17. The van der Waals surface area contributed by atoms with Crippen LogP contribution in [-0.2, 0) is 5.75 Å². The van der Waals surface area contributed by atoms with Gasteiger partial charge in [-0.3, -0.25) is 4.79 Å². The molecule has 0 fully saturated rings. The molecule has 152 valence electrons. The van der Waals surface area contributed by atoms with E-state index in [4.69, 9.17) is 4.42 Å². The molecule has 1 heterocycles. The molecule has 3 rings (SSSR count). The zero-order chi connectivity index (χ0) is 21.0. The number of benzene rings is 2. The minimum absolute atomic E-state index is 0.240. The summed E-state index contributed by atoms with van der Waals surface area (Å²) in [6.07, 6.45) is -0.765. The van der Waals surface area contributed by atoms with Gasteiger partial charge in [-0.15, -0.1) is 11.8 Å². The molecule has 0 radical (unpaired) electrons. The van der Waals surface area contributed by atoms with Gasteiger partial charge in [-0.2, -0.15) is 0 Å². The molecule has 0 aliphatic rings. The van der Waals surface area contributed by atoms with E-state index in [9.17, 15) is 9.90 Å². The zero-order valence-electron chi connectivity index (χ0n) is 17.3. The first-order valence-corrected chi connectivity index (χ1v) is 10.6. The van der Waals surface area contributed by atoms with Gasteiger partial charge >= 0.3 is 0 Å². The fourth-order valence-electron chi connectivity index (χ4n) is 3.24. The average Bonchev–Trinajstić information content (AvgIpc) is 3.21. The topological polar surface area (TPSA) is 53.7 Å². The molecule has 0 bridgehead atoms. The summed E-state index contributed by atoms with van der Waals surface area (Å²) < 4.78 is 5.81. The molecular formula is C24H27NO3S. The summed E-state index contributed by atoms with van der Waals surface area (Å²) in [4.78, 5) is 15.6. The Morgan fingerprint density at radius 1 is 1.03 bits per heavy atom. The molecule has 1 aromatic heterocycles. The Morgan fingerprint density at radius 3 is 2.34 bits per heavy atom. The quantitative estimate of drug-likeness (QED) is 0.532. The van der Waals surface area contributed by atoms with Crippen LogP contribution in [0.1, 0.15) is 46.0 Å². The zero-order valence-corrected chi connectivity index (χ0v) is 18.1. The Hall–Kier alpha value is -2.50. The van der Waals surface area contributed by atoms with E-state index >= 15 is 0 Å². The fourth-order valence-corrected chi connectivity index (χ4v) is 4.27. The predicted octanol–water partition coefficient (Wildman–Crippen LogP) is 5.38. The van der Waals surface area contributed by atoms with Gasteiger partial charge in [0.05, 0.1) is 17.9 Å². The number of aliphatic hydroxyl groups is 1. The van der Waals surface area contributed by atoms with E-state index in [0.717, 1.165) is 11.3 Å². The van der Waals surface area contributed by atoms with E-state index in [2.05, 4.69) is 32.0 Å². The van der Waals surface area contributed by atoms with E-state index in [-0.39, 0.29) is 17.7 Å². The van der Waals surface area contributed by atoms with Crippen molar-refractivity contribution in [3.05, 3.63) is 88.9 Å². The van der Waals surface area contributed by atoms with Gasteiger partial charge in [-0.1, -0.05) is 48.5 Å².